The van der Waals surface area contributed by atoms with Gasteiger partial charge in [-0.1, -0.05) is 36.4 Å². The summed E-state index contributed by atoms with van der Waals surface area (Å²) in [5, 5.41) is 3.22. The van der Waals surface area contributed by atoms with Gasteiger partial charge in [-0.3, -0.25) is 9.59 Å². The zero-order valence-corrected chi connectivity index (χ0v) is 14.6. The lowest BCUT2D eigenvalue weighted by Crippen LogP contribution is -2.42. The number of carbonyl (C=O) groups excluding carboxylic acids is 2. The van der Waals surface area contributed by atoms with E-state index < -0.39 is 0 Å². The molecule has 26 heavy (non-hydrogen) atoms. The third-order valence-corrected chi connectivity index (χ3v) is 4.71. The number of benzene rings is 2. The molecule has 2 aliphatic rings. The van der Waals surface area contributed by atoms with Crippen molar-refractivity contribution in [2.45, 2.75) is 6.92 Å². The van der Waals surface area contributed by atoms with Gasteiger partial charge in [0.2, 0.25) is 11.6 Å². The molecule has 1 aliphatic heterocycles. The number of hydrogen-bond donors (Lipinski definition) is 1. The molecule has 1 fully saturated rings. The quantitative estimate of drug-likeness (QED) is 0.924. The summed E-state index contributed by atoms with van der Waals surface area (Å²) in [6, 6.07) is 14.8. The molecule has 1 aliphatic carbocycles. The Kier molecular flexibility index (Phi) is 4.31. The number of hydrogen-bond acceptors (Lipinski definition) is 5. The molecular formula is C21H20N2O3. The van der Waals surface area contributed by atoms with Crippen molar-refractivity contribution in [3.63, 3.8) is 0 Å². The Morgan fingerprint density at radius 2 is 1.62 bits per heavy atom. The number of ether oxygens (including phenoxy) is 1. The smallest absolute Gasteiger partial charge is 0.212 e. The number of fused-ring (bicyclic) bond motifs is 1. The lowest BCUT2D eigenvalue weighted by molar-refractivity contribution is 0.0496. The summed E-state index contributed by atoms with van der Waals surface area (Å²) in [7, 11) is 0. The largest absolute Gasteiger partial charge is 0.378 e. The van der Waals surface area contributed by atoms with Crippen molar-refractivity contribution in [1.29, 1.82) is 0 Å². The van der Waals surface area contributed by atoms with Crippen molar-refractivity contribution >= 4 is 17.3 Å². The minimum absolute atomic E-state index is 0.114. The maximum Gasteiger partial charge on any atom is 0.212 e. The summed E-state index contributed by atoms with van der Waals surface area (Å²) in [6.45, 7) is 4.27. The van der Waals surface area contributed by atoms with E-state index in [0.717, 1.165) is 11.3 Å². The molecule has 1 saturated heterocycles. The third kappa shape index (κ3) is 2.91. The average Bonchev–Trinajstić information content (AvgIpc) is 2.67. The zero-order valence-electron chi connectivity index (χ0n) is 14.6. The Bertz CT molecular complexity index is 911. The van der Waals surface area contributed by atoms with Crippen LogP contribution in [0.15, 0.2) is 59.9 Å². The Hall–Kier alpha value is -2.92. The molecule has 0 bridgehead atoms. The molecule has 5 heteroatoms. The highest BCUT2D eigenvalue weighted by Gasteiger charge is 2.35. The van der Waals surface area contributed by atoms with Gasteiger partial charge in [0.25, 0.3) is 0 Å². The molecule has 2 aromatic rings. The van der Waals surface area contributed by atoms with E-state index in [0.29, 0.717) is 48.8 Å². The Labute approximate surface area is 152 Å². The molecule has 0 aromatic heterocycles. The summed E-state index contributed by atoms with van der Waals surface area (Å²) < 4.78 is 5.41. The lowest BCUT2D eigenvalue weighted by atomic mass is 9.89. The fourth-order valence-electron chi connectivity index (χ4n) is 3.43. The van der Waals surface area contributed by atoms with Crippen LogP contribution in [0.3, 0.4) is 0 Å². The first-order valence-electron chi connectivity index (χ1n) is 8.74. The first-order valence-corrected chi connectivity index (χ1v) is 8.74. The number of aryl methyl sites for hydroxylation is 1. The van der Waals surface area contributed by atoms with Crippen LogP contribution in [0, 0.1) is 6.92 Å². The van der Waals surface area contributed by atoms with Gasteiger partial charge in [-0.2, -0.15) is 0 Å². The van der Waals surface area contributed by atoms with Crippen molar-refractivity contribution in [3.05, 3.63) is 76.6 Å². The number of anilines is 1. The van der Waals surface area contributed by atoms with Crippen LogP contribution in [0.2, 0.25) is 0 Å². The fraction of sp³-hybridized carbons (Fsp3) is 0.238. The van der Waals surface area contributed by atoms with Crippen LogP contribution in [0.1, 0.15) is 26.3 Å². The molecule has 4 rings (SSSR count). The highest BCUT2D eigenvalue weighted by molar-refractivity contribution is 6.27. The van der Waals surface area contributed by atoms with Crippen LogP contribution in [-0.4, -0.2) is 42.8 Å². The van der Waals surface area contributed by atoms with Crippen LogP contribution in [0.4, 0.5) is 5.69 Å². The van der Waals surface area contributed by atoms with E-state index in [-0.39, 0.29) is 11.6 Å². The van der Waals surface area contributed by atoms with E-state index in [1.54, 1.807) is 24.3 Å². The molecule has 0 radical (unpaired) electrons. The predicted octanol–water partition coefficient (Wildman–Crippen LogP) is 3.03. The second-order valence-electron chi connectivity index (χ2n) is 6.52. The van der Waals surface area contributed by atoms with Crippen molar-refractivity contribution < 1.29 is 14.3 Å². The third-order valence-electron chi connectivity index (χ3n) is 4.71. The molecule has 0 spiro atoms. The number of carbonyl (C=O) groups is 2. The van der Waals surface area contributed by atoms with Gasteiger partial charge >= 0.3 is 0 Å². The van der Waals surface area contributed by atoms with Gasteiger partial charge in [0.1, 0.15) is 11.4 Å². The van der Waals surface area contributed by atoms with E-state index >= 15 is 0 Å². The number of ketones is 2. The highest BCUT2D eigenvalue weighted by Crippen LogP contribution is 2.30. The number of Topliss-reactive ketones (excluding diaryl/α,β-unsaturated/α-hetero) is 2. The standard InChI is InChI=1S/C21H20N2O3/c1-14-5-4-6-15(13-14)22-18-19(23-9-11-26-12-10-23)21(25)17-8-3-2-7-16(17)20(18)24/h2-8,13,22H,9-12H2,1H3. The minimum Gasteiger partial charge on any atom is -0.378 e. The first-order chi connectivity index (χ1) is 12.6. The van der Waals surface area contributed by atoms with Gasteiger partial charge in [-0.15, -0.1) is 0 Å². The summed E-state index contributed by atoms with van der Waals surface area (Å²) in [5.74, 6) is -0.263. The second-order valence-corrected chi connectivity index (χ2v) is 6.52. The Morgan fingerprint density at radius 1 is 0.923 bits per heavy atom. The minimum atomic E-state index is -0.150. The van der Waals surface area contributed by atoms with Crippen LogP contribution < -0.4 is 5.32 Å². The number of morpholine rings is 1. The lowest BCUT2D eigenvalue weighted by Gasteiger charge is -2.34. The van der Waals surface area contributed by atoms with Crippen LogP contribution in [0.5, 0.6) is 0 Å². The summed E-state index contributed by atoms with van der Waals surface area (Å²) >= 11 is 0. The van der Waals surface area contributed by atoms with Crippen LogP contribution in [-0.2, 0) is 4.74 Å². The molecule has 0 saturated carbocycles. The molecular weight excluding hydrogens is 328 g/mol. The molecule has 0 amide bonds. The van der Waals surface area contributed by atoms with Gasteiger partial charge < -0.3 is 15.0 Å². The van der Waals surface area contributed by atoms with Crippen LogP contribution >= 0.6 is 0 Å². The number of nitrogens with zero attached hydrogens (tertiary/aromatic N) is 1. The van der Waals surface area contributed by atoms with E-state index in [1.165, 1.54) is 0 Å². The number of rotatable bonds is 3. The predicted molar refractivity (Wildman–Crippen MR) is 99.3 cm³/mol. The second kappa shape index (κ2) is 6.77. The Balaban J connectivity index is 1.82. The van der Waals surface area contributed by atoms with Gasteiger partial charge in [0.05, 0.1) is 13.2 Å². The van der Waals surface area contributed by atoms with Crippen molar-refractivity contribution in [3.8, 4) is 0 Å². The summed E-state index contributed by atoms with van der Waals surface area (Å²) in [4.78, 5) is 28.3. The fourth-order valence-corrected chi connectivity index (χ4v) is 3.43. The van der Waals surface area contributed by atoms with Gasteiger partial charge in [-0.25, -0.2) is 0 Å². The molecule has 132 valence electrons. The van der Waals surface area contributed by atoms with Gasteiger partial charge in [-0.05, 0) is 24.6 Å². The molecule has 0 atom stereocenters. The Morgan fingerprint density at radius 3 is 2.31 bits per heavy atom. The number of nitrogens with one attached hydrogen (secondary N) is 1. The summed E-state index contributed by atoms with van der Waals surface area (Å²) in [5.41, 5.74) is 3.59. The normalized spacial score (nSPS) is 17.3. The van der Waals surface area contributed by atoms with Crippen molar-refractivity contribution in [2.24, 2.45) is 0 Å². The van der Waals surface area contributed by atoms with E-state index in [9.17, 15) is 9.59 Å². The molecule has 0 unspecified atom stereocenters. The van der Waals surface area contributed by atoms with E-state index in [4.69, 9.17) is 4.74 Å². The maximum absolute atomic E-state index is 13.2. The SMILES string of the molecule is Cc1cccc(NC2=C(N3CCOCC3)C(=O)c3ccccc3C2=O)c1. The van der Waals surface area contributed by atoms with E-state index in [2.05, 4.69) is 5.32 Å². The molecule has 5 nitrogen and oxygen atoms in total. The zero-order chi connectivity index (χ0) is 18.1. The van der Waals surface area contributed by atoms with Crippen molar-refractivity contribution in [2.75, 3.05) is 31.6 Å². The summed E-state index contributed by atoms with van der Waals surface area (Å²) in [6.07, 6.45) is 0. The average molecular weight is 348 g/mol. The van der Waals surface area contributed by atoms with E-state index in [1.807, 2.05) is 36.1 Å². The van der Waals surface area contributed by atoms with Gasteiger partial charge in [0.15, 0.2) is 0 Å². The molecule has 1 heterocycles. The van der Waals surface area contributed by atoms with Gasteiger partial charge in [0, 0.05) is 29.9 Å². The maximum atomic E-state index is 13.2. The molecule has 1 N–H and O–H groups in total. The first kappa shape index (κ1) is 16.5. The van der Waals surface area contributed by atoms with Crippen molar-refractivity contribution in [1.82, 2.24) is 4.90 Å². The van der Waals surface area contributed by atoms with Crippen LogP contribution in [0.25, 0.3) is 0 Å². The topological polar surface area (TPSA) is 58.6 Å². The number of allylic oxidation sites excluding steroid dienone is 2. The molecule has 2 aromatic carbocycles. The highest BCUT2D eigenvalue weighted by atomic mass is 16.5. The monoisotopic (exact) mass is 348 g/mol.